The highest BCUT2D eigenvalue weighted by Gasteiger charge is 2.29. The second-order valence-corrected chi connectivity index (χ2v) is 7.92. The van der Waals surface area contributed by atoms with Crippen LogP contribution in [-0.2, 0) is 12.8 Å². The molecule has 0 aromatic heterocycles. The van der Waals surface area contributed by atoms with E-state index in [-0.39, 0.29) is 5.82 Å². The van der Waals surface area contributed by atoms with Gasteiger partial charge < -0.3 is 9.64 Å². The Bertz CT molecular complexity index is 742. The van der Waals surface area contributed by atoms with Gasteiger partial charge in [-0.3, -0.25) is 0 Å². The summed E-state index contributed by atoms with van der Waals surface area (Å²) >= 11 is 0. The van der Waals surface area contributed by atoms with Gasteiger partial charge in [-0.2, -0.15) is 0 Å². The highest BCUT2D eigenvalue weighted by Crippen LogP contribution is 2.34. The maximum Gasteiger partial charge on any atom is 0.123 e. The van der Waals surface area contributed by atoms with Crippen molar-refractivity contribution in [2.75, 3.05) is 26.7 Å². The summed E-state index contributed by atoms with van der Waals surface area (Å²) < 4.78 is 19.5. The van der Waals surface area contributed by atoms with Crippen molar-refractivity contribution < 1.29 is 9.13 Å². The molecular weight excluding hydrogens is 325 g/mol. The van der Waals surface area contributed by atoms with Crippen LogP contribution in [0.2, 0.25) is 0 Å². The van der Waals surface area contributed by atoms with E-state index in [9.17, 15) is 4.39 Å². The maximum absolute atomic E-state index is 13.3. The quantitative estimate of drug-likeness (QED) is 0.781. The number of nitrogens with zero attached hydrogens (tertiary/aromatic N) is 1. The fourth-order valence-corrected chi connectivity index (χ4v) is 4.53. The van der Waals surface area contributed by atoms with Crippen LogP contribution in [0.25, 0.3) is 0 Å². The summed E-state index contributed by atoms with van der Waals surface area (Å²) in [5.41, 5.74) is 4.19. The van der Waals surface area contributed by atoms with Crippen LogP contribution in [-0.4, -0.2) is 31.6 Å². The van der Waals surface area contributed by atoms with Crippen molar-refractivity contribution in [1.82, 2.24) is 4.90 Å². The predicted octanol–water partition coefficient (Wildman–Crippen LogP) is 4.82. The highest BCUT2D eigenvalue weighted by atomic mass is 19.1. The van der Waals surface area contributed by atoms with Gasteiger partial charge in [-0.15, -0.1) is 0 Å². The number of fused-ring (bicyclic) bond motifs is 1. The normalized spacial score (nSPS) is 23.5. The predicted molar refractivity (Wildman–Crippen MR) is 103 cm³/mol. The van der Waals surface area contributed by atoms with Crippen LogP contribution < -0.4 is 4.74 Å². The zero-order valence-electron chi connectivity index (χ0n) is 15.6. The van der Waals surface area contributed by atoms with Crippen LogP contribution in [0.3, 0.4) is 0 Å². The van der Waals surface area contributed by atoms with E-state index in [1.165, 1.54) is 42.4 Å². The highest BCUT2D eigenvalue weighted by molar-refractivity contribution is 5.37. The summed E-state index contributed by atoms with van der Waals surface area (Å²) in [6, 6.07) is 13.7. The van der Waals surface area contributed by atoms with Crippen molar-refractivity contribution in [3.8, 4) is 5.75 Å². The lowest BCUT2D eigenvalue weighted by molar-refractivity contribution is 0.129. The number of benzene rings is 2. The molecule has 3 heteroatoms. The molecule has 26 heavy (non-hydrogen) atoms. The molecule has 2 aromatic carbocycles. The molecule has 1 heterocycles. The van der Waals surface area contributed by atoms with Gasteiger partial charge in [0, 0.05) is 12.5 Å². The lowest BCUT2D eigenvalue weighted by Gasteiger charge is -2.37. The van der Waals surface area contributed by atoms with Crippen molar-refractivity contribution in [2.45, 2.75) is 38.0 Å². The van der Waals surface area contributed by atoms with Crippen molar-refractivity contribution in [3.05, 3.63) is 65.0 Å². The van der Waals surface area contributed by atoms with E-state index in [0.29, 0.717) is 18.4 Å². The van der Waals surface area contributed by atoms with Gasteiger partial charge in [-0.1, -0.05) is 18.2 Å². The largest absolute Gasteiger partial charge is 0.493 e. The molecule has 1 aliphatic heterocycles. The number of likely N-dealkylation sites (tertiary alicyclic amines) is 1. The van der Waals surface area contributed by atoms with E-state index in [1.807, 2.05) is 12.1 Å². The van der Waals surface area contributed by atoms with E-state index in [4.69, 9.17) is 4.74 Å². The average Bonchev–Trinajstić information content (AvgIpc) is 2.67. The zero-order chi connectivity index (χ0) is 17.9. The first-order chi connectivity index (χ1) is 12.7. The molecule has 2 atom stereocenters. The number of hydrogen-bond acceptors (Lipinski definition) is 2. The molecular formula is C23H28FNO. The molecule has 4 rings (SSSR count). The Labute approximate surface area is 156 Å². The Kier molecular flexibility index (Phi) is 5.26. The van der Waals surface area contributed by atoms with Crippen LogP contribution in [0.4, 0.5) is 4.39 Å². The van der Waals surface area contributed by atoms with Gasteiger partial charge in [0.1, 0.15) is 11.6 Å². The molecule has 138 valence electrons. The van der Waals surface area contributed by atoms with Crippen LogP contribution in [0.15, 0.2) is 42.5 Å². The molecule has 0 spiro atoms. The van der Waals surface area contributed by atoms with Gasteiger partial charge in [0.05, 0.1) is 6.61 Å². The molecule has 2 aromatic rings. The van der Waals surface area contributed by atoms with E-state index >= 15 is 0 Å². The minimum Gasteiger partial charge on any atom is -0.493 e. The van der Waals surface area contributed by atoms with Gasteiger partial charge in [-0.25, -0.2) is 4.39 Å². The lowest BCUT2D eigenvalue weighted by atomic mass is 9.81. The Morgan fingerprint density at radius 2 is 1.81 bits per heavy atom. The first-order valence-electron chi connectivity index (χ1n) is 9.87. The van der Waals surface area contributed by atoms with Crippen molar-refractivity contribution in [3.63, 3.8) is 0 Å². The fourth-order valence-electron chi connectivity index (χ4n) is 4.53. The third-order valence-corrected chi connectivity index (χ3v) is 6.02. The molecule has 1 saturated heterocycles. The Morgan fingerprint density at radius 1 is 1.04 bits per heavy atom. The minimum atomic E-state index is -0.163. The van der Waals surface area contributed by atoms with Crippen LogP contribution >= 0.6 is 0 Å². The smallest absolute Gasteiger partial charge is 0.123 e. The number of hydrogen-bond donors (Lipinski definition) is 0. The molecule has 2 aliphatic rings. The summed E-state index contributed by atoms with van der Waals surface area (Å²) in [5, 5.41) is 0. The second kappa shape index (κ2) is 7.79. The van der Waals surface area contributed by atoms with Gasteiger partial charge in [-0.05, 0) is 92.6 Å². The van der Waals surface area contributed by atoms with Crippen LogP contribution in [0.5, 0.6) is 5.75 Å². The molecule has 0 saturated carbocycles. The number of piperidine rings is 1. The first-order valence-corrected chi connectivity index (χ1v) is 9.87. The van der Waals surface area contributed by atoms with Crippen molar-refractivity contribution >= 4 is 0 Å². The molecule has 1 aliphatic carbocycles. The Morgan fingerprint density at radius 3 is 2.62 bits per heavy atom. The van der Waals surface area contributed by atoms with Gasteiger partial charge in [0.25, 0.3) is 0 Å². The Hall–Kier alpha value is -1.87. The summed E-state index contributed by atoms with van der Waals surface area (Å²) in [7, 11) is 2.17. The SMILES string of the molecule is CN1CC[C@@H](c2ccc(F)cc2)[C@H](COc2ccc3c(c2)CCCC3)C1. The number of aryl methyl sites for hydroxylation is 2. The number of halogens is 1. The topological polar surface area (TPSA) is 12.5 Å². The molecule has 0 amide bonds. The van der Waals surface area contributed by atoms with E-state index < -0.39 is 0 Å². The third-order valence-electron chi connectivity index (χ3n) is 6.02. The maximum atomic E-state index is 13.3. The van der Waals surface area contributed by atoms with Crippen molar-refractivity contribution in [1.29, 1.82) is 0 Å². The molecule has 0 unspecified atom stereocenters. The number of ether oxygens (including phenoxy) is 1. The standard InChI is InChI=1S/C23H28FNO/c1-25-13-12-23(18-6-9-21(24)10-7-18)20(15-25)16-26-22-11-8-17-4-2-3-5-19(17)14-22/h6-11,14,20,23H,2-5,12-13,15-16H2,1H3/t20-,23-/m0/s1. The lowest BCUT2D eigenvalue weighted by Crippen LogP contribution is -2.39. The minimum absolute atomic E-state index is 0.163. The fraction of sp³-hybridized carbons (Fsp3) is 0.478. The van der Waals surface area contributed by atoms with Crippen molar-refractivity contribution in [2.24, 2.45) is 5.92 Å². The molecule has 0 N–H and O–H groups in total. The molecule has 2 nitrogen and oxygen atoms in total. The van der Waals surface area contributed by atoms with Gasteiger partial charge in [0.2, 0.25) is 0 Å². The monoisotopic (exact) mass is 353 g/mol. The third kappa shape index (κ3) is 3.93. The summed E-state index contributed by atoms with van der Waals surface area (Å²) in [4.78, 5) is 2.38. The Balaban J connectivity index is 1.46. The summed E-state index contributed by atoms with van der Waals surface area (Å²) in [5.74, 6) is 1.69. The van der Waals surface area contributed by atoms with E-state index in [1.54, 1.807) is 12.1 Å². The second-order valence-electron chi connectivity index (χ2n) is 7.92. The molecule has 0 radical (unpaired) electrons. The number of rotatable bonds is 4. The van der Waals surface area contributed by atoms with E-state index in [2.05, 4.69) is 30.1 Å². The van der Waals surface area contributed by atoms with Gasteiger partial charge in [0.15, 0.2) is 0 Å². The van der Waals surface area contributed by atoms with Crippen LogP contribution in [0, 0.1) is 11.7 Å². The van der Waals surface area contributed by atoms with Gasteiger partial charge >= 0.3 is 0 Å². The average molecular weight is 353 g/mol. The molecule has 0 bridgehead atoms. The summed E-state index contributed by atoms with van der Waals surface area (Å²) in [6.45, 7) is 2.82. The van der Waals surface area contributed by atoms with E-state index in [0.717, 1.165) is 25.3 Å². The van der Waals surface area contributed by atoms with Crippen LogP contribution in [0.1, 0.15) is 41.9 Å². The summed E-state index contributed by atoms with van der Waals surface area (Å²) in [6.07, 6.45) is 6.07. The first kappa shape index (κ1) is 17.5. The zero-order valence-corrected chi connectivity index (χ0v) is 15.6. The molecule has 1 fully saturated rings.